The van der Waals surface area contributed by atoms with Crippen molar-refractivity contribution < 1.29 is 4.42 Å². The predicted molar refractivity (Wildman–Crippen MR) is 71.1 cm³/mol. The number of aromatic nitrogens is 1. The van der Waals surface area contributed by atoms with Crippen molar-refractivity contribution >= 4 is 16.7 Å². The second-order valence-corrected chi connectivity index (χ2v) is 5.31. The Bertz CT molecular complexity index is 581. The SMILES string of the molecule is C1=C(c2cc3ncccc3o2)CC2CNCCC12. The minimum absolute atomic E-state index is 0.738. The fourth-order valence-electron chi connectivity index (χ4n) is 3.21. The Morgan fingerprint density at radius 2 is 2.39 bits per heavy atom. The molecule has 1 aliphatic carbocycles. The molecule has 3 heteroatoms. The van der Waals surface area contributed by atoms with Crippen LogP contribution in [0.4, 0.5) is 0 Å². The van der Waals surface area contributed by atoms with Crippen LogP contribution in [0.3, 0.4) is 0 Å². The molecule has 0 bridgehead atoms. The number of nitrogens with one attached hydrogen (secondary N) is 1. The molecule has 0 radical (unpaired) electrons. The van der Waals surface area contributed by atoms with Gasteiger partial charge in [0.25, 0.3) is 0 Å². The van der Waals surface area contributed by atoms with Crippen LogP contribution in [0.15, 0.2) is 34.9 Å². The molecular weight excluding hydrogens is 224 g/mol. The first-order valence-corrected chi connectivity index (χ1v) is 6.66. The van der Waals surface area contributed by atoms with Crippen LogP contribution in [-0.4, -0.2) is 18.1 Å². The number of hydrogen-bond donors (Lipinski definition) is 1. The first kappa shape index (κ1) is 10.3. The van der Waals surface area contributed by atoms with Crippen molar-refractivity contribution in [1.29, 1.82) is 0 Å². The van der Waals surface area contributed by atoms with Gasteiger partial charge in [-0.25, -0.2) is 0 Å². The van der Waals surface area contributed by atoms with Gasteiger partial charge in [-0.3, -0.25) is 4.98 Å². The van der Waals surface area contributed by atoms with Crippen molar-refractivity contribution in [2.24, 2.45) is 11.8 Å². The lowest BCUT2D eigenvalue weighted by Gasteiger charge is -2.25. The predicted octanol–water partition coefficient (Wildman–Crippen LogP) is 2.84. The summed E-state index contributed by atoms with van der Waals surface area (Å²) in [6.07, 6.45) is 6.63. The summed E-state index contributed by atoms with van der Waals surface area (Å²) in [4.78, 5) is 4.33. The molecule has 4 rings (SSSR count). The highest BCUT2D eigenvalue weighted by Gasteiger charge is 2.31. The molecular formula is C15H16N2O. The molecule has 2 atom stereocenters. The van der Waals surface area contributed by atoms with Crippen molar-refractivity contribution in [2.45, 2.75) is 12.8 Å². The first-order valence-electron chi connectivity index (χ1n) is 6.66. The fraction of sp³-hybridized carbons (Fsp3) is 0.400. The molecule has 1 N–H and O–H groups in total. The van der Waals surface area contributed by atoms with Crippen molar-refractivity contribution in [1.82, 2.24) is 10.3 Å². The molecule has 1 saturated heterocycles. The molecule has 92 valence electrons. The lowest BCUT2D eigenvalue weighted by atomic mass is 9.89. The lowest BCUT2D eigenvalue weighted by molar-refractivity contribution is 0.324. The van der Waals surface area contributed by atoms with Gasteiger partial charge in [0.05, 0.1) is 0 Å². The molecule has 2 unspecified atom stereocenters. The van der Waals surface area contributed by atoms with Crippen molar-refractivity contribution in [2.75, 3.05) is 13.1 Å². The number of nitrogens with zero attached hydrogens (tertiary/aromatic N) is 1. The van der Waals surface area contributed by atoms with Gasteiger partial charge in [0.15, 0.2) is 5.58 Å². The van der Waals surface area contributed by atoms with Crippen molar-refractivity contribution in [3.8, 4) is 0 Å². The van der Waals surface area contributed by atoms with Gasteiger partial charge in [-0.2, -0.15) is 0 Å². The van der Waals surface area contributed by atoms with E-state index in [0.29, 0.717) is 0 Å². The quantitative estimate of drug-likeness (QED) is 0.833. The van der Waals surface area contributed by atoms with E-state index in [0.717, 1.165) is 48.2 Å². The van der Waals surface area contributed by atoms with E-state index < -0.39 is 0 Å². The van der Waals surface area contributed by atoms with Gasteiger partial charge in [-0.05, 0) is 55.5 Å². The van der Waals surface area contributed by atoms with Crippen LogP contribution in [0.25, 0.3) is 16.7 Å². The Hall–Kier alpha value is -1.61. The smallest absolute Gasteiger partial charge is 0.153 e. The number of allylic oxidation sites excluding steroid dienone is 2. The summed E-state index contributed by atoms with van der Waals surface area (Å²) < 4.78 is 5.91. The number of furan rings is 1. The van der Waals surface area contributed by atoms with Gasteiger partial charge in [-0.15, -0.1) is 0 Å². The Morgan fingerprint density at radius 1 is 1.39 bits per heavy atom. The standard InChI is InChI=1S/C15H16N2O/c1-2-14-13(17-4-1)8-15(18-14)11-6-10-3-5-16-9-12(10)7-11/h1-2,4,6,8,10,12,16H,3,5,7,9H2. The van der Waals surface area contributed by atoms with Crippen LogP contribution in [-0.2, 0) is 0 Å². The zero-order valence-corrected chi connectivity index (χ0v) is 10.2. The number of piperidine rings is 1. The van der Waals surface area contributed by atoms with Crippen LogP contribution >= 0.6 is 0 Å². The third-order valence-electron chi connectivity index (χ3n) is 4.17. The number of fused-ring (bicyclic) bond motifs is 2. The maximum atomic E-state index is 5.91. The highest BCUT2D eigenvalue weighted by atomic mass is 16.3. The van der Waals surface area contributed by atoms with E-state index in [1.54, 1.807) is 0 Å². The van der Waals surface area contributed by atoms with E-state index in [9.17, 15) is 0 Å². The monoisotopic (exact) mass is 240 g/mol. The summed E-state index contributed by atoms with van der Waals surface area (Å²) in [7, 11) is 0. The molecule has 1 aliphatic heterocycles. The second kappa shape index (κ2) is 3.95. The summed E-state index contributed by atoms with van der Waals surface area (Å²) in [5, 5.41) is 3.48. The number of pyridine rings is 1. The molecule has 3 heterocycles. The summed E-state index contributed by atoms with van der Waals surface area (Å²) in [6, 6.07) is 5.98. The molecule has 0 spiro atoms. The average molecular weight is 240 g/mol. The number of rotatable bonds is 1. The van der Waals surface area contributed by atoms with Crippen LogP contribution < -0.4 is 5.32 Å². The zero-order chi connectivity index (χ0) is 11.9. The minimum atomic E-state index is 0.738. The van der Waals surface area contributed by atoms with E-state index in [2.05, 4.69) is 22.4 Å². The Kier molecular flexibility index (Phi) is 2.27. The molecule has 2 aromatic heterocycles. The molecule has 3 nitrogen and oxygen atoms in total. The van der Waals surface area contributed by atoms with Crippen LogP contribution in [0.2, 0.25) is 0 Å². The highest BCUT2D eigenvalue weighted by molar-refractivity contribution is 5.78. The Balaban J connectivity index is 1.70. The van der Waals surface area contributed by atoms with Crippen LogP contribution in [0.5, 0.6) is 0 Å². The molecule has 0 saturated carbocycles. The molecule has 0 aromatic carbocycles. The fourth-order valence-corrected chi connectivity index (χ4v) is 3.21. The normalized spacial score (nSPS) is 27.2. The van der Waals surface area contributed by atoms with Gasteiger partial charge in [-0.1, -0.05) is 6.08 Å². The lowest BCUT2D eigenvalue weighted by Crippen LogP contribution is -2.33. The third kappa shape index (κ3) is 1.58. The maximum Gasteiger partial charge on any atom is 0.153 e. The van der Waals surface area contributed by atoms with Crippen molar-refractivity contribution in [3.63, 3.8) is 0 Å². The van der Waals surface area contributed by atoms with E-state index in [4.69, 9.17) is 4.42 Å². The minimum Gasteiger partial charge on any atom is -0.455 e. The van der Waals surface area contributed by atoms with Crippen molar-refractivity contribution in [3.05, 3.63) is 36.2 Å². The van der Waals surface area contributed by atoms with Gasteiger partial charge in [0, 0.05) is 12.3 Å². The molecule has 2 aromatic rings. The third-order valence-corrected chi connectivity index (χ3v) is 4.17. The number of hydrogen-bond acceptors (Lipinski definition) is 3. The average Bonchev–Trinajstić information content (AvgIpc) is 3.02. The molecule has 1 fully saturated rings. The van der Waals surface area contributed by atoms with E-state index >= 15 is 0 Å². The van der Waals surface area contributed by atoms with E-state index in [1.165, 1.54) is 12.0 Å². The molecule has 2 aliphatic rings. The van der Waals surface area contributed by atoms with Gasteiger partial charge in [0.1, 0.15) is 11.3 Å². The molecule has 0 amide bonds. The Labute approximate surface area is 106 Å². The van der Waals surface area contributed by atoms with E-state index in [1.807, 2.05) is 18.3 Å². The summed E-state index contributed by atoms with van der Waals surface area (Å²) in [5.74, 6) is 2.51. The summed E-state index contributed by atoms with van der Waals surface area (Å²) >= 11 is 0. The van der Waals surface area contributed by atoms with Gasteiger partial charge >= 0.3 is 0 Å². The second-order valence-electron chi connectivity index (χ2n) is 5.31. The van der Waals surface area contributed by atoms with E-state index in [-0.39, 0.29) is 0 Å². The first-order chi connectivity index (χ1) is 8.90. The summed E-state index contributed by atoms with van der Waals surface area (Å²) in [6.45, 7) is 2.29. The Morgan fingerprint density at radius 3 is 3.28 bits per heavy atom. The summed E-state index contributed by atoms with van der Waals surface area (Å²) in [5.41, 5.74) is 3.22. The largest absolute Gasteiger partial charge is 0.455 e. The van der Waals surface area contributed by atoms with Gasteiger partial charge in [0.2, 0.25) is 0 Å². The zero-order valence-electron chi connectivity index (χ0n) is 10.2. The molecule has 18 heavy (non-hydrogen) atoms. The van der Waals surface area contributed by atoms with Crippen LogP contribution in [0, 0.1) is 11.8 Å². The highest BCUT2D eigenvalue weighted by Crippen LogP contribution is 2.40. The van der Waals surface area contributed by atoms with Gasteiger partial charge < -0.3 is 9.73 Å². The topological polar surface area (TPSA) is 38.1 Å². The maximum absolute atomic E-state index is 5.91. The van der Waals surface area contributed by atoms with Crippen LogP contribution in [0.1, 0.15) is 18.6 Å².